The van der Waals surface area contributed by atoms with Gasteiger partial charge in [0, 0.05) is 13.7 Å². The third-order valence-electron chi connectivity index (χ3n) is 3.15. The molecule has 0 unspecified atom stereocenters. The molecular weight excluding hydrogens is 420 g/mol. The lowest BCUT2D eigenvalue weighted by molar-refractivity contribution is 0.100. The number of methoxy groups -OCH3 is 1. The maximum absolute atomic E-state index is 12.4. The highest BCUT2D eigenvalue weighted by Gasteiger charge is 2.12. The second-order valence-electron chi connectivity index (χ2n) is 4.64. The molecule has 2 aromatic heterocycles. The average Bonchev–Trinajstić information content (AvgIpc) is 3.10. The molecule has 3 rings (SSSR count). The number of amides is 1. The predicted molar refractivity (Wildman–Crippen MR) is 98.6 cm³/mol. The van der Waals surface area contributed by atoms with E-state index in [2.05, 4.69) is 20.9 Å². The Labute approximate surface area is 154 Å². The number of fused-ring (bicyclic) bond motifs is 1. The van der Waals surface area contributed by atoms with E-state index < -0.39 is 0 Å². The second-order valence-corrected chi connectivity index (χ2v) is 8.52. The second kappa shape index (κ2) is 7.27. The van der Waals surface area contributed by atoms with E-state index in [1.165, 1.54) is 22.7 Å². The van der Waals surface area contributed by atoms with Crippen molar-refractivity contribution in [2.45, 2.75) is 6.54 Å². The van der Waals surface area contributed by atoms with Gasteiger partial charge in [0.15, 0.2) is 4.80 Å². The normalized spacial score (nSPS) is 12.2. The Balaban J connectivity index is 2.14. The van der Waals surface area contributed by atoms with Crippen LogP contribution in [-0.4, -0.2) is 24.2 Å². The number of carbonyl (C=O) groups excluding carboxylic acids is 1. The van der Waals surface area contributed by atoms with Crippen LogP contribution in [0.25, 0.3) is 10.2 Å². The van der Waals surface area contributed by atoms with Crippen LogP contribution >= 0.6 is 50.2 Å². The first-order valence-electron chi connectivity index (χ1n) is 6.71. The molecule has 0 fully saturated rings. The summed E-state index contributed by atoms with van der Waals surface area (Å²) in [6.45, 7) is 1.10. The molecule has 0 atom stereocenters. The van der Waals surface area contributed by atoms with Gasteiger partial charge in [0.1, 0.15) is 0 Å². The number of carbonyl (C=O) groups is 1. The molecule has 1 amide bonds. The van der Waals surface area contributed by atoms with Crippen LogP contribution in [0, 0.1) is 0 Å². The number of thiophene rings is 1. The summed E-state index contributed by atoms with van der Waals surface area (Å²) in [6.07, 6.45) is 0. The molecule has 0 aliphatic carbocycles. The summed E-state index contributed by atoms with van der Waals surface area (Å²) in [4.78, 5) is 17.9. The van der Waals surface area contributed by atoms with E-state index in [4.69, 9.17) is 16.3 Å². The molecule has 0 N–H and O–H groups in total. The first-order valence-corrected chi connectivity index (χ1v) is 9.51. The van der Waals surface area contributed by atoms with Crippen LogP contribution in [0.15, 0.2) is 39.1 Å². The molecule has 0 saturated carbocycles. The maximum Gasteiger partial charge on any atom is 0.289 e. The number of hydrogen-bond acceptors (Lipinski definition) is 4. The number of thiazole rings is 1. The summed E-state index contributed by atoms with van der Waals surface area (Å²) in [7, 11) is 1.64. The quantitative estimate of drug-likeness (QED) is 0.607. The first kappa shape index (κ1) is 16.9. The smallest absolute Gasteiger partial charge is 0.289 e. The van der Waals surface area contributed by atoms with Crippen molar-refractivity contribution in [2.75, 3.05) is 13.7 Å². The van der Waals surface area contributed by atoms with E-state index >= 15 is 0 Å². The molecule has 23 heavy (non-hydrogen) atoms. The van der Waals surface area contributed by atoms with Crippen molar-refractivity contribution in [1.29, 1.82) is 0 Å². The Morgan fingerprint density at radius 3 is 2.87 bits per heavy atom. The molecule has 0 saturated heterocycles. The molecule has 1 aromatic carbocycles. The Kier molecular flexibility index (Phi) is 5.33. The summed E-state index contributed by atoms with van der Waals surface area (Å²) in [5.74, 6) is -0.255. The number of para-hydroxylation sites is 1. The third kappa shape index (κ3) is 3.59. The molecule has 2 heterocycles. The van der Waals surface area contributed by atoms with Crippen LogP contribution in [0.5, 0.6) is 0 Å². The van der Waals surface area contributed by atoms with Gasteiger partial charge in [-0.25, -0.2) is 0 Å². The molecule has 0 spiro atoms. The van der Waals surface area contributed by atoms with Gasteiger partial charge in [-0.2, -0.15) is 4.99 Å². The van der Waals surface area contributed by atoms with Crippen molar-refractivity contribution in [1.82, 2.24) is 4.57 Å². The Morgan fingerprint density at radius 1 is 1.35 bits per heavy atom. The fraction of sp³-hybridized carbons (Fsp3) is 0.200. The van der Waals surface area contributed by atoms with Gasteiger partial charge in [-0.1, -0.05) is 29.0 Å². The number of aromatic nitrogens is 1. The minimum absolute atomic E-state index is 0.255. The first-order chi connectivity index (χ1) is 11.1. The average molecular weight is 432 g/mol. The number of ether oxygens (including phenoxy) is 1. The standard InChI is InChI=1S/C15H12BrClN2O2S2/c1-21-8-7-19-13-9(17)3-2-4-10(13)23-15(19)18-14(20)11-5-6-12(16)22-11/h2-6H,7-8H2,1H3. The van der Waals surface area contributed by atoms with Gasteiger partial charge in [-0.15, -0.1) is 11.3 Å². The summed E-state index contributed by atoms with van der Waals surface area (Å²) < 4.78 is 9.00. The van der Waals surface area contributed by atoms with Crippen LogP contribution in [0.1, 0.15) is 9.67 Å². The van der Waals surface area contributed by atoms with Gasteiger partial charge in [-0.3, -0.25) is 4.79 Å². The largest absolute Gasteiger partial charge is 0.383 e. The van der Waals surface area contributed by atoms with E-state index in [1.807, 2.05) is 28.8 Å². The molecule has 0 radical (unpaired) electrons. The monoisotopic (exact) mass is 430 g/mol. The van der Waals surface area contributed by atoms with Gasteiger partial charge < -0.3 is 9.30 Å². The molecule has 4 nitrogen and oxygen atoms in total. The van der Waals surface area contributed by atoms with Gasteiger partial charge in [-0.05, 0) is 40.2 Å². The zero-order valence-electron chi connectivity index (χ0n) is 12.1. The summed E-state index contributed by atoms with van der Waals surface area (Å²) >= 11 is 12.5. The van der Waals surface area contributed by atoms with E-state index in [1.54, 1.807) is 13.2 Å². The Bertz CT molecular complexity index is 929. The van der Waals surface area contributed by atoms with Crippen molar-refractivity contribution in [2.24, 2.45) is 4.99 Å². The topological polar surface area (TPSA) is 43.6 Å². The molecular formula is C15H12BrClN2O2S2. The SMILES string of the molecule is COCCn1c(=NC(=O)c2ccc(Br)s2)sc2cccc(Cl)c21. The summed E-state index contributed by atoms with van der Waals surface area (Å²) in [5, 5.41) is 0.641. The van der Waals surface area contributed by atoms with Gasteiger partial charge in [0.25, 0.3) is 5.91 Å². The third-order valence-corrected chi connectivity index (χ3v) is 6.11. The van der Waals surface area contributed by atoms with Crippen molar-refractivity contribution >= 4 is 66.3 Å². The lowest BCUT2D eigenvalue weighted by Crippen LogP contribution is -2.19. The van der Waals surface area contributed by atoms with Gasteiger partial charge in [0.2, 0.25) is 0 Å². The van der Waals surface area contributed by atoms with E-state index in [9.17, 15) is 4.79 Å². The zero-order chi connectivity index (χ0) is 16.4. The van der Waals surface area contributed by atoms with E-state index in [0.717, 1.165) is 14.0 Å². The Hall–Kier alpha value is -0.990. The number of rotatable bonds is 4. The molecule has 120 valence electrons. The lowest BCUT2D eigenvalue weighted by Gasteiger charge is -2.05. The lowest BCUT2D eigenvalue weighted by atomic mass is 10.3. The number of hydrogen-bond donors (Lipinski definition) is 0. The molecule has 0 aliphatic rings. The molecule has 0 bridgehead atoms. The van der Waals surface area contributed by atoms with Gasteiger partial charge >= 0.3 is 0 Å². The van der Waals surface area contributed by atoms with E-state index in [0.29, 0.717) is 27.9 Å². The predicted octanol–water partition coefficient (Wildman–Crippen LogP) is 4.57. The van der Waals surface area contributed by atoms with Crippen molar-refractivity contribution in [3.8, 4) is 0 Å². The van der Waals surface area contributed by atoms with Crippen LogP contribution < -0.4 is 4.80 Å². The van der Waals surface area contributed by atoms with Crippen molar-refractivity contribution in [3.05, 3.63) is 48.8 Å². The van der Waals surface area contributed by atoms with Crippen LogP contribution in [-0.2, 0) is 11.3 Å². The number of benzene rings is 1. The maximum atomic E-state index is 12.4. The fourth-order valence-electron chi connectivity index (χ4n) is 2.13. The number of halogens is 2. The summed E-state index contributed by atoms with van der Waals surface area (Å²) in [6, 6.07) is 9.31. The molecule has 0 aliphatic heterocycles. The fourth-order valence-corrected chi connectivity index (χ4v) is 4.82. The highest BCUT2D eigenvalue weighted by atomic mass is 79.9. The highest BCUT2D eigenvalue weighted by Crippen LogP contribution is 2.26. The van der Waals surface area contributed by atoms with Crippen LogP contribution in [0.4, 0.5) is 0 Å². The van der Waals surface area contributed by atoms with Crippen LogP contribution in [0.3, 0.4) is 0 Å². The van der Waals surface area contributed by atoms with Crippen LogP contribution in [0.2, 0.25) is 5.02 Å². The minimum Gasteiger partial charge on any atom is -0.383 e. The number of nitrogens with zero attached hydrogens (tertiary/aromatic N) is 2. The molecule has 8 heteroatoms. The van der Waals surface area contributed by atoms with Crippen molar-refractivity contribution < 1.29 is 9.53 Å². The molecule has 3 aromatic rings. The van der Waals surface area contributed by atoms with Crippen molar-refractivity contribution in [3.63, 3.8) is 0 Å². The Morgan fingerprint density at radius 2 is 2.17 bits per heavy atom. The van der Waals surface area contributed by atoms with E-state index in [-0.39, 0.29) is 5.91 Å². The summed E-state index contributed by atoms with van der Waals surface area (Å²) in [5.41, 5.74) is 0.884. The zero-order valence-corrected chi connectivity index (χ0v) is 16.1. The highest BCUT2D eigenvalue weighted by molar-refractivity contribution is 9.11. The minimum atomic E-state index is -0.255. The van der Waals surface area contributed by atoms with Gasteiger partial charge in [0.05, 0.1) is 30.5 Å².